The predicted molar refractivity (Wildman–Crippen MR) is 96.5 cm³/mol. The van der Waals surface area contributed by atoms with Gasteiger partial charge in [0, 0.05) is 32.6 Å². The van der Waals surface area contributed by atoms with Gasteiger partial charge in [-0.2, -0.15) is 4.31 Å². The van der Waals surface area contributed by atoms with Crippen LogP contribution in [0.2, 0.25) is 0 Å². The van der Waals surface area contributed by atoms with Gasteiger partial charge < -0.3 is 14.1 Å². The van der Waals surface area contributed by atoms with Crippen LogP contribution in [-0.4, -0.2) is 62.3 Å². The fourth-order valence-corrected chi connectivity index (χ4v) is 4.63. The molecule has 1 atom stereocenters. The first-order valence-electron chi connectivity index (χ1n) is 9.13. The van der Waals surface area contributed by atoms with Crippen LogP contribution in [0.4, 0.5) is 0 Å². The number of amides is 1. The van der Waals surface area contributed by atoms with Crippen molar-refractivity contribution in [2.24, 2.45) is 5.92 Å². The van der Waals surface area contributed by atoms with Crippen LogP contribution < -0.4 is 0 Å². The minimum absolute atomic E-state index is 0.0613. The third-order valence-electron chi connectivity index (χ3n) is 4.79. The summed E-state index contributed by atoms with van der Waals surface area (Å²) in [4.78, 5) is 25.7. The summed E-state index contributed by atoms with van der Waals surface area (Å²) in [7, 11) is -3.85. The Kier molecular flexibility index (Phi) is 6.01. The first-order chi connectivity index (χ1) is 12.9. The second kappa shape index (κ2) is 8.26. The van der Waals surface area contributed by atoms with Crippen molar-refractivity contribution in [3.8, 4) is 0 Å². The fourth-order valence-electron chi connectivity index (χ4n) is 3.29. The maximum atomic E-state index is 12.7. The van der Waals surface area contributed by atoms with E-state index >= 15 is 0 Å². The number of rotatable bonds is 6. The average molecular weight is 396 g/mol. The number of sulfonamides is 1. The summed E-state index contributed by atoms with van der Waals surface area (Å²) in [5, 5.41) is -0.290. The number of allylic oxidation sites excluding steroid dienone is 2. The predicted octanol–water partition coefficient (Wildman–Crippen LogP) is 1.65. The van der Waals surface area contributed by atoms with Gasteiger partial charge in [0.2, 0.25) is 16.8 Å². The molecule has 1 amide bonds. The highest BCUT2D eigenvalue weighted by molar-refractivity contribution is 7.89. The number of carbonyl (C=O) groups is 2. The van der Waals surface area contributed by atoms with Crippen molar-refractivity contribution in [2.45, 2.75) is 31.3 Å². The first kappa shape index (κ1) is 19.6. The smallest absolute Gasteiger partial charge is 0.374 e. The number of ether oxygens (including phenoxy) is 1. The van der Waals surface area contributed by atoms with Crippen molar-refractivity contribution in [3.63, 3.8) is 0 Å². The molecule has 1 aliphatic carbocycles. The Bertz CT molecular complexity index is 821. The molecule has 1 aliphatic heterocycles. The van der Waals surface area contributed by atoms with Crippen molar-refractivity contribution in [1.29, 1.82) is 0 Å². The van der Waals surface area contributed by atoms with Crippen molar-refractivity contribution in [1.82, 2.24) is 9.21 Å². The van der Waals surface area contributed by atoms with Crippen molar-refractivity contribution in [3.05, 3.63) is 30.0 Å². The van der Waals surface area contributed by atoms with Gasteiger partial charge in [0.25, 0.3) is 10.0 Å². The van der Waals surface area contributed by atoms with Gasteiger partial charge in [0.05, 0.1) is 6.61 Å². The maximum absolute atomic E-state index is 12.7. The molecule has 8 nitrogen and oxygen atoms in total. The Labute approximate surface area is 158 Å². The molecule has 1 saturated heterocycles. The van der Waals surface area contributed by atoms with Crippen LogP contribution in [0.5, 0.6) is 0 Å². The zero-order valence-electron chi connectivity index (χ0n) is 15.3. The van der Waals surface area contributed by atoms with E-state index in [9.17, 15) is 18.0 Å². The van der Waals surface area contributed by atoms with Crippen LogP contribution in [0, 0.1) is 5.92 Å². The summed E-state index contributed by atoms with van der Waals surface area (Å²) >= 11 is 0. The largest absolute Gasteiger partial charge is 0.460 e. The van der Waals surface area contributed by atoms with Crippen LogP contribution >= 0.6 is 0 Å². The third-order valence-corrected chi connectivity index (χ3v) is 6.57. The van der Waals surface area contributed by atoms with E-state index < -0.39 is 16.0 Å². The van der Waals surface area contributed by atoms with E-state index in [1.54, 1.807) is 11.8 Å². The third kappa shape index (κ3) is 4.41. The Hall–Kier alpha value is -2.13. The molecule has 0 bridgehead atoms. The highest BCUT2D eigenvalue weighted by Crippen LogP contribution is 2.23. The van der Waals surface area contributed by atoms with Gasteiger partial charge >= 0.3 is 5.97 Å². The summed E-state index contributed by atoms with van der Waals surface area (Å²) in [6.07, 6.45) is 6.67. The monoisotopic (exact) mass is 396 g/mol. The molecule has 1 aromatic heterocycles. The SMILES string of the molecule is CCOC(=O)c1ccc(S(=O)(=O)N2CCN(C(=O)C[C@H]3C=CCC3)CC2)o1. The van der Waals surface area contributed by atoms with E-state index in [0.29, 0.717) is 25.4 Å². The Morgan fingerprint density at radius 3 is 2.59 bits per heavy atom. The van der Waals surface area contributed by atoms with Crippen LogP contribution in [0.15, 0.2) is 33.8 Å². The molecule has 148 valence electrons. The van der Waals surface area contributed by atoms with Crippen LogP contribution in [-0.2, 0) is 19.6 Å². The Morgan fingerprint density at radius 1 is 1.22 bits per heavy atom. The number of furan rings is 1. The molecule has 27 heavy (non-hydrogen) atoms. The molecule has 0 N–H and O–H groups in total. The molecule has 0 radical (unpaired) electrons. The Morgan fingerprint density at radius 2 is 1.96 bits per heavy atom. The molecule has 0 unspecified atom stereocenters. The first-order valence-corrected chi connectivity index (χ1v) is 10.6. The lowest BCUT2D eigenvalue weighted by molar-refractivity contribution is -0.133. The second-order valence-electron chi connectivity index (χ2n) is 6.59. The minimum Gasteiger partial charge on any atom is -0.460 e. The van der Waals surface area contributed by atoms with Crippen LogP contribution in [0.3, 0.4) is 0 Å². The van der Waals surface area contributed by atoms with E-state index in [-0.39, 0.29) is 36.5 Å². The van der Waals surface area contributed by atoms with Gasteiger partial charge in [0.15, 0.2) is 0 Å². The highest BCUT2D eigenvalue weighted by Gasteiger charge is 2.33. The van der Waals surface area contributed by atoms with Crippen molar-refractivity contribution in [2.75, 3.05) is 32.8 Å². The molecule has 2 heterocycles. The zero-order chi connectivity index (χ0) is 19.4. The standard InChI is InChI=1S/C18H24N2O6S/c1-2-25-18(22)15-7-8-17(26-15)27(23,24)20-11-9-19(10-12-20)16(21)13-14-5-3-4-6-14/h3,5,7-8,14H,2,4,6,9-13H2,1H3/t14-/m0/s1. The van der Waals surface area contributed by atoms with Crippen molar-refractivity contribution >= 4 is 21.9 Å². The van der Waals surface area contributed by atoms with Crippen LogP contribution in [0.1, 0.15) is 36.7 Å². The molecule has 1 aromatic rings. The normalized spacial score (nSPS) is 20.8. The lowest BCUT2D eigenvalue weighted by Gasteiger charge is -2.33. The van der Waals surface area contributed by atoms with E-state index in [1.807, 2.05) is 0 Å². The summed E-state index contributed by atoms with van der Waals surface area (Å²) in [6.45, 7) is 2.92. The lowest BCUT2D eigenvalue weighted by atomic mass is 10.0. The lowest BCUT2D eigenvalue weighted by Crippen LogP contribution is -2.50. The number of hydrogen-bond donors (Lipinski definition) is 0. The number of hydrogen-bond acceptors (Lipinski definition) is 6. The summed E-state index contributed by atoms with van der Waals surface area (Å²) in [6, 6.07) is 2.55. The highest BCUT2D eigenvalue weighted by atomic mass is 32.2. The van der Waals surface area contributed by atoms with E-state index in [0.717, 1.165) is 12.8 Å². The summed E-state index contributed by atoms with van der Waals surface area (Å²) < 4.78 is 36.7. The number of carbonyl (C=O) groups excluding carboxylic acids is 2. The topological polar surface area (TPSA) is 97.1 Å². The molecular formula is C18H24N2O6S. The summed E-state index contributed by atoms with van der Waals surface area (Å²) in [5.74, 6) is -0.487. The zero-order valence-corrected chi connectivity index (χ0v) is 16.1. The van der Waals surface area contributed by atoms with Crippen LogP contribution in [0.25, 0.3) is 0 Å². The van der Waals surface area contributed by atoms with E-state index in [2.05, 4.69) is 12.2 Å². The second-order valence-corrected chi connectivity index (χ2v) is 8.46. The average Bonchev–Trinajstić information content (AvgIpc) is 3.34. The molecule has 0 spiro atoms. The molecule has 0 saturated carbocycles. The minimum atomic E-state index is -3.85. The van der Waals surface area contributed by atoms with E-state index in [1.165, 1.54) is 16.4 Å². The number of nitrogens with zero attached hydrogens (tertiary/aromatic N) is 2. The molecule has 0 aromatic carbocycles. The van der Waals surface area contributed by atoms with Gasteiger partial charge in [-0.3, -0.25) is 4.79 Å². The van der Waals surface area contributed by atoms with Gasteiger partial charge in [-0.15, -0.1) is 0 Å². The Balaban J connectivity index is 1.58. The molecule has 3 rings (SSSR count). The van der Waals surface area contributed by atoms with Gasteiger partial charge in [0.1, 0.15) is 0 Å². The number of piperazine rings is 1. The van der Waals surface area contributed by atoms with Gasteiger partial charge in [-0.1, -0.05) is 12.2 Å². The van der Waals surface area contributed by atoms with E-state index in [4.69, 9.17) is 9.15 Å². The van der Waals surface area contributed by atoms with Gasteiger partial charge in [-0.05, 0) is 37.8 Å². The fraction of sp³-hybridized carbons (Fsp3) is 0.556. The molecule has 1 fully saturated rings. The van der Waals surface area contributed by atoms with Gasteiger partial charge in [-0.25, -0.2) is 13.2 Å². The number of esters is 1. The quantitative estimate of drug-likeness (QED) is 0.536. The summed E-state index contributed by atoms with van der Waals surface area (Å²) in [5.41, 5.74) is 0. The maximum Gasteiger partial charge on any atom is 0.374 e. The molecular weight excluding hydrogens is 372 g/mol. The molecule has 2 aliphatic rings. The van der Waals surface area contributed by atoms with Crippen molar-refractivity contribution < 1.29 is 27.2 Å². The molecule has 9 heteroatoms.